The zero-order valence-corrected chi connectivity index (χ0v) is 11.5. The molecule has 2 rings (SSSR count). The molecule has 1 aromatic carbocycles. The van der Waals surface area contributed by atoms with Crippen LogP contribution in [0.15, 0.2) is 41.0 Å². The Balaban J connectivity index is 2.64. The molecule has 0 N–H and O–H groups in total. The number of hydrogen-bond donors (Lipinski definition) is 0. The molecule has 0 amide bonds. The van der Waals surface area contributed by atoms with Crippen molar-refractivity contribution in [1.82, 2.24) is 4.57 Å². The van der Waals surface area contributed by atoms with Gasteiger partial charge in [-0.15, -0.1) is 0 Å². The normalized spacial score (nSPS) is 11.1. The highest BCUT2D eigenvalue weighted by Gasteiger charge is 2.14. The third-order valence-corrected chi connectivity index (χ3v) is 3.63. The first-order chi connectivity index (χ1) is 7.61. The lowest BCUT2D eigenvalue weighted by Crippen LogP contribution is -1.95. The van der Waals surface area contributed by atoms with Crippen LogP contribution in [0.2, 0.25) is 0 Å². The van der Waals surface area contributed by atoms with Crippen molar-refractivity contribution in [3.05, 3.63) is 46.6 Å². The van der Waals surface area contributed by atoms with E-state index in [1.54, 1.807) is 0 Å². The number of aromatic nitrogens is 1. The average Bonchev–Trinajstić information content (AvgIpc) is 2.57. The predicted molar refractivity (Wildman–Crippen MR) is 72.6 cm³/mol. The summed E-state index contributed by atoms with van der Waals surface area (Å²) in [5, 5.41) is 0. The summed E-state index contributed by atoms with van der Waals surface area (Å²) in [5.41, 5.74) is 3.97. The van der Waals surface area contributed by atoms with Crippen molar-refractivity contribution in [2.24, 2.45) is 7.05 Å². The lowest BCUT2D eigenvalue weighted by Gasteiger charge is -2.10. The predicted octanol–water partition coefficient (Wildman–Crippen LogP) is 4.58. The summed E-state index contributed by atoms with van der Waals surface area (Å²) in [5.74, 6) is 0.535. The van der Waals surface area contributed by atoms with E-state index in [-0.39, 0.29) is 0 Å². The van der Waals surface area contributed by atoms with Gasteiger partial charge in [0, 0.05) is 7.05 Å². The first-order valence-corrected chi connectivity index (χ1v) is 6.31. The molecule has 2 heteroatoms. The zero-order chi connectivity index (χ0) is 11.7. The number of nitrogens with zero attached hydrogens (tertiary/aromatic N) is 1. The Morgan fingerprint density at radius 1 is 1.12 bits per heavy atom. The largest absolute Gasteiger partial charge is 0.338 e. The zero-order valence-electron chi connectivity index (χ0n) is 9.87. The number of rotatable bonds is 2. The van der Waals surface area contributed by atoms with Crippen molar-refractivity contribution in [2.75, 3.05) is 0 Å². The van der Waals surface area contributed by atoms with E-state index in [1.807, 2.05) is 0 Å². The fourth-order valence-corrected chi connectivity index (χ4v) is 2.41. The Labute approximate surface area is 105 Å². The summed E-state index contributed by atoms with van der Waals surface area (Å²) in [7, 11) is 2.10. The van der Waals surface area contributed by atoms with Crippen LogP contribution in [0.5, 0.6) is 0 Å². The van der Waals surface area contributed by atoms with Crippen LogP contribution in [0.3, 0.4) is 0 Å². The fourth-order valence-electron chi connectivity index (χ4n) is 1.99. The molecule has 0 spiro atoms. The molecular formula is C14H16BrN. The molecule has 0 bridgehead atoms. The first-order valence-electron chi connectivity index (χ1n) is 5.51. The van der Waals surface area contributed by atoms with Crippen molar-refractivity contribution in [2.45, 2.75) is 19.8 Å². The molecular weight excluding hydrogens is 262 g/mol. The van der Waals surface area contributed by atoms with Gasteiger partial charge in [-0.2, -0.15) is 0 Å². The summed E-state index contributed by atoms with van der Waals surface area (Å²) in [6.45, 7) is 4.46. The molecule has 1 aromatic heterocycles. The van der Waals surface area contributed by atoms with E-state index < -0.39 is 0 Å². The first kappa shape index (κ1) is 11.5. The van der Waals surface area contributed by atoms with Crippen molar-refractivity contribution in [1.29, 1.82) is 0 Å². The molecule has 0 radical (unpaired) electrons. The molecule has 0 atom stereocenters. The van der Waals surface area contributed by atoms with Crippen LogP contribution in [0.4, 0.5) is 0 Å². The Kier molecular flexibility index (Phi) is 3.20. The molecule has 1 heterocycles. The Morgan fingerprint density at radius 3 is 2.31 bits per heavy atom. The second-order valence-corrected chi connectivity index (χ2v) is 5.16. The van der Waals surface area contributed by atoms with E-state index >= 15 is 0 Å². The van der Waals surface area contributed by atoms with Crippen LogP contribution in [0.1, 0.15) is 25.3 Å². The van der Waals surface area contributed by atoms with E-state index in [1.165, 1.54) is 16.8 Å². The number of benzene rings is 1. The maximum Gasteiger partial charge on any atom is 0.0851 e. The Morgan fingerprint density at radius 2 is 1.75 bits per heavy atom. The minimum absolute atomic E-state index is 0.535. The molecule has 16 heavy (non-hydrogen) atoms. The summed E-state index contributed by atoms with van der Waals surface area (Å²) < 4.78 is 3.33. The molecule has 0 aliphatic rings. The van der Waals surface area contributed by atoms with Crippen LogP contribution in [-0.4, -0.2) is 4.57 Å². The summed E-state index contributed by atoms with van der Waals surface area (Å²) in [4.78, 5) is 0. The van der Waals surface area contributed by atoms with Gasteiger partial charge in [-0.1, -0.05) is 44.2 Å². The smallest absolute Gasteiger partial charge is 0.0851 e. The Bertz CT molecular complexity index is 483. The quantitative estimate of drug-likeness (QED) is 0.757. The molecule has 0 unspecified atom stereocenters. The van der Waals surface area contributed by atoms with Crippen molar-refractivity contribution >= 4 is 15.9 Å². The molecule has 0 aliphatic carbocycles. The molecule has 0 fully saturated rings. The van der Waals surface area contributed by atoms with Crippen LogP contribution < -0.4 is 0 Å². The highest BCUT2D eigenvalue weighted by molar-refractivity contribution is 9.10. The minimum atomic E-state index is 0.535. The van der Waals surface area contributed by atoms with E-state index in [2.05, 4.69) is 77.8 Å². The van der Waals surface area contributed by atoms with Gasteiger partial charge >= 0.3 is 0 Å². The van der Waals surface area contributed by atoms with Gasteiger partial charge in [0.05, 0.1) is 10.3 Å². The summed E-state index contributed by atoms with van der Waals surface area (Å²) >= 11 is 3.60. The third kappa shape index (κ3) is 1.94. The molecule has 84 valence electrons. The van der Waals surface area contributed by atoms with Crippen LogP contribution >= 0.6 is 15.9 Å². The number of halogens is 1. The maximum atomic E-state index is 3.60. The van der Waals surface area contributed by atoms with Crippen LogP contribution in [0.25, 0.3) is 11.3 Å². The monoisotopic (exact) mass is 277 g/mol. The van der Waals surface area contributed by atoms with Gasteiger partial charge < -0.3 is 4.57 Å². The maximum absolute atomic E-state index is 3.60. The number of hydrogen-bond acceptors (Lipinski definition) is 0. The van der Waals surface area contributed by atoms with Gasteiger partial charge in [0.1, 0.15) is 0 Å². The van der Waals surface area contributed by atoms with Gasteiger partial charge in [0.15, 0.2) is 0 Å². The second kappa shape index (κ2) is 4.46. The summed E-state index contributed by atoms with van der Waals surface area (Å²) in [6, 6.07) is 12.8. The minimum Gasteiger partial charge on any atom is -0.338 e. The molecule has 2 aromatic rings. The SMILES string of the molecule is CC(C)c1cc(Br)n(C)c1-c1ccccc1. The van der Waals surface area contributed by atoms with E-state index in [4.69, 9.17) is 0 Å². The molecule has 0 saturated carbocycles. The van der Waals surface area contributed by atoms with E-state index in [0.717, 1.165) is 4.60 Å². The van der Waals surface area contributed by atoms with Gasteiger partial charge in [0.25, 0.3) is 0 Å². The van der Waals surface area contributed by atoms with Crippen LogP contribution in [-0.2, 0) is 7.05 Å². The van der Waals surface area contributed by atoms with E-state index in [0.29, 0.717) is 5.92 Å². The van der Waals surface area contributed by atoms with Crippen molar-refractivity contribution < 1.29 is 0 Å². The third-order valence-electron chi connectivity index (χ3n) is 2.87. The van der Waals surface area contributed by atoms with Crippen LogP contribution in [0, 0.1) is 0 Å². The molecule has 1 nitrogen and oxygen atoms in total. The van der Waals surface area contributed by atoms with Gasteiger partial charge in [-0.3, -0.25) is 0 Å². The average molecular weight is 278 g/mol. The molecule has 0 aliphatic heterocycles. The van der Waals surface area contributed by atoms with Gasteiger partial charge in [0.2, 0.25) is 0 Å². The van der Waals surface area contributed by atoms with Crippen molar-refractivity contribution in [3.8, 4) is 11.3 Å². The lowest BCUT2D eigenvalue weighted by molar-refractivity contribution is 0.853. The highest BCUT2D eigenvalue weighted by atomic mass is 79.9. The van der Waals surface area contributed by atoms with Gasteiger partial charge in [-0.25, -0.2) is 0 Å². The van der Waals surface area contributed by atoms with E-state index in [9.17, 15) is 0 Å². The fraction of sp³-hybridized carbons (Fsp3) is 0.286. The van der Waals surface area contributed by atoms with Gasteiger partial charge in [-0.05, 0) is 39.0 Å². The topological polar surface area (TPSA) is 4.93 Å². The highest BCUT2D eigenvalue weighted by Crippen LogP contribution is 2.33. The van der Waals surface area contributed by atoms with Crippen molar-refractivity contribution in [3.63, 3.8) is 0 Å². The lowest BCUT2D eigenvalue weighted by atomic mass is 9.99. The second-order valence-electron chi connectivity index (χ2n) is 4.35. The Hall–Kier alpha value is -1.02. The standard InChI is InChI=1S/C14H16BrN/c1-10(2)12-9-13(15)16(3)14(12)11-7-5-4-6-8-11/h4-10H,1-3H3. The summed E-state index contributed by atoms with van der Waals surface area (Å²) in [6.07, 6.45) is 0. The molecule has 0 saturated heterocycles.